The van der Waals surface area contributed by atoms with E-state index in [1.54, 1.807) is 36.4 Å². The van der Waals surface area contributed by atoms with Crippen molar-refractivity contribution in [1.82, 2.24) is 14.7 Å². The Labute approximate surface area is 215 Å². The van der Waals surface area contributed by atoms with E-state index in [0.717, 1.165) is 22.4 Å². The summed E-state index contributed by atoms with van der Waals surface area (Å²) >= 11 is 0. The Hall–Kier alpha value is -4.02. The molecule has 10 heteroatoms. The summed E-state index contributed by atoms with van der Waals surface area (Å²) in [5.74, 6) is -0.161. The molecule has 0 fully saturated rings. The Morgan fingerprint density at radius 3 is 2.41 bits per heavy atom. The van der Waals surface area contributed by atoms with E-state index in [-0.39, 0.29) is 11.5 Å². The van der Waals surface area contributed by atoms with Crippen molar-refractivity contribution in [1.29, 1.82) is 0 Å². The molecule has 1 aromatic heterocycles. The maximum Gasteiger partial charge on any atom is 0.338 e. The summed E-state index contributed by atoms with van der Waals surface area (Å²) in [6.07, 6.45) is 1.27. The van der Waals surface area contributed by atoms with Gasteiger partial charge in [0, 0.05) is 12.1 Å². The molecule has 0 aliphatic carbocycles. The Kier molecular flexibility index (Phi) is 8.00. The van der Waals surface area contributed by atoms with Gasteiger partial charge in [0.2, 0.25) is 15.9 Å². The van der Waals surface area contributed by atoms with Crippen molar-refractivity contribution in [2.45, 2.75) is 37.6 Å². The first kappa shape index (κ1) is 26.1. The Balaban J connectivity index is 1.23. The number of benzene rings is 3. The lowest BCUT2D eigenvalue weighted by atomic mass is 10.2. The molecule has 0 unspecified atom stereocenters. The first-order valence-corrected chi connectivity index (χ1v) is 13.3. The molecule has 0 aliphatic heterocycles. The monoisotopic (exact) mass is 520 g/mol. The van der Waals surface area contributed by atoms with Gasteiger partial charge < -0.3 is 15.0 Å². The minimum Gasteiger partial charge on any atom is -0.462 e. The second-order valence-corrected chi connectivity index (χ2v) is 10.4. The smallest absolute Gasteiger partial charge is 0.338 e. The molecule has 37 heavy (non-hydrogen) atoms. The number of aryl methyl sites for hydroxylation is 2. The van der Waals surface area contributed by atoms with Gasteiger partial charge in [0.25, 0.3) is 0 Å². The van der Waals surface area contributed by atoms with E-state index in [0.29, 0.717) is 24.1 Å². The third-order valence-corrected chi connectivity index (χ3v) is 7.23. The van der Waals surface area contributed by atoms with Gasteiger partial charge in [-0.25, -0.2) is 18.2 Å². The number of carbonyl (C=O) groups is 2. The minimum absolute atomic E-state index is 0.0817. The first-order valence-electron chi connectivity index (χ1n) is 11.8. The number of aromatic nitrogens is 2. The van der Waals surface area contributed by atoms with E-state index in [1.165, 1.54) is 19.1 Å². The highest BCUT2D eigenvalue weighted by Crippen LogP contribution is 2.14. The quantitative estimate of drug-likeness (QED) is 0.214. The third kappa shape index (κ3) is 6.81. The zero-order valence-electron chi connectivity index (χ0n) is 20.5. The number of aromatic amines is 1. The van der Waals surface area contributed by atoms with Gasteiger partial charge in [-0.05, 0) is 68.8 Å². The number of hydrogen-bond donors (Lipinski definition) is 3. The number of fused-ring (bicyclic) bond motifs is 1. The normalized spacial score (nSPS) is 12.3. The molecule has 3 aromatic carbocycles. The molecule has 9 nitrogen and oxygen atoms in total. The number of esters is 1. The molecule has 1 atom stereocenters. The highest BCUT2D eigenvalue weighted by atomic mass is 32.2. The highest BCUT2D eigenvalue weighted by molar-refractivity contribution is 7.89. The second kappa shape index (κ2) is 11.4. The molecular weight excluding hydrogens is 492 g/mol. The van der Waals surface area contributed by atoms with Crippen LogP contribution in [0.15, 0.2) is 77.7 Å². The molecule has 3 N–H and O–H groups in total. The molecule has 0 aliphatic rings. The van der Waals surface area contributed by atoms with Crippen molar-refractivity contribution >= 4 is 38.6 Å². The van der Waals surface area contributed by atoms with E-state index in [4.69, 9.17) is 4.74 Å². The van der Waals surface area contributed by atoms with Crippen LogP contribution in [-0.4, -0.2) is 42.9 Å². The molecule has 4 aromatic rings. The first-order chi connectivity index (χ1) is 17.7. The lowest BCUT2D eigenvalue weighted by molar-refractivity contribution is -0.117. The molecule has 1 amide bonds. The fourth-order valence-corrected chi connectivity index (χ4v) is 4.83. The lowest BCUT2D eigenvalue weighted by Crippen LogP contribution is -2.41. The fraction of sp³-hybridized carbons (Fsp3) is 0.222. The van der Waals surface area contributed by atoms with Gasteiger partial charge in [-0.1, -0.05) is 29.8 Å². The van der Waals surface area contributed by atoms with Crippen LogP contribution < -0.4 is 10.0 Å². The van der Waals surface area contributed by atoms with Crippen LogP contribution in [0.5, 0.6) is 0 Å². The number of imidazole rings is 1. The number of sulfonamides is 1. The predicted octanol–water partition coefficient (Wildman–Crippen LogP) is 3.97. The van der Waals surface area contributed by atoms with Crippen LogP contribution in [-0.2, 0) is 26.0 Å². The van der Waals surface area contributed by atoms with E-state index in [2.05, 4.69) is 20.0 Å². The van der Waals surface area contributed by atoms with Crippen LogP contribution in [0.25, 0.3) is 11.0 Å². The molecule has 0 radical (unpaired) electrons. The van der Waals surface area contributed by atoms with Gasteiger partial charge in [0.15, 0.2) is 0 Å². The zero-order chi connectivity index (χ0) is 26.4. The summed E-state index contributed by atoms with van der Waals surface area (Å²) in [5.41, 5.74) is 3.57. The molecule has 1 heterocycles. The molecule has 0 bridgehead atoms. The number of para-hydroxylation sites is 2. The van der Waals surface area contributed by atoms with Crippen LogP contribution in [0, 0.1) is 6.92 Å². The van der Waals surface area contributed by atoms with Crippen molar-refractivity contribution in [3.63, 3.8) is 0 Å². The average molecular weight is 521 g/mol. The van der Waals surface area contributed by atoms with Gasteiger partial charge in [0.1, 0.15) is 5.82 Å². The predicted molar refractivity (Wildman–Crippen MR) is 141 cm³/mol. The summed E-state index contributed by atoms with van der Waals surface area (Å²) in [7, 11) is -3.85. The summed E-state index contributed by atoms with van der Waals surface area (Å²) in [5, 5.41) is 2.64. The Morgan fingerprint density at radius 2 is 1.70 bits per heavy atom. The number of carbonyl (C=O) groups excluding carboxylic acids is 2. The van der Waals surface area contributed by atoms with Crippen LogP contribution in [0.2, 0.25) is 0 Å². The van der Waals surface area contributed by atoms with Crippen LogP contribution in [0.3, 0.4) is 0 Å². The number of nitrogens with zero attached hydrogens (tertiary/aromatic N) is 1. The number of H-pyrrole nitrogens is 1. The SMILES string of the molecule is Cc1ccc(S(=O)(=O)N[C@@H](C)C(=O)Nc2ccc(C(=O)OCCCc3nc4ccccc4[nH]3)cc2)cc1. The van der Waals surface area contributed by atoms with E-state index in [1.807, 2.05) is 31.2 Å². The Bertz CT molecular complexity index is 1460. The van der Waals surface area contributed by atoms with Gasteiger partial charge in [-0.3, -0.25) is 4.79 Å². The molecule has 4 rings (SSSR count). The number of nitrogens with one attached hydrogen (secondary N) is 3. The average Bonchev–Trinajstić information content (AvgIpc) is 3.30. The zero-order valence-corrected chi connectivity index (χ0v) is 21.3. The maximum atomic E-state index is 12.5. The van der Waals surface area contributed by atoms with E-state index < -0.39 is 27.9 Å². The number of ether oxygens (including phenoxy) is 1. The topological polar surface area (TPSA) is 130 Å². The largest absolute Gasteiger partial charge is 0.462 e. The van der Waals surface area contributed by atoms with Crippen molar-refractivity contribution in [3.8, 4) is 0 Å². The Morgan fingerprint density at radius 1 is 1.00 bits per heavy atom. The van der Waals surface area contributed by atoms with Gasteiger partial charge in [-0.2, -0.15) is 4.72 Å². The summed E-state index contributed by atoms with van der Waals surface area (Å²) in [6, 6.07) is 19.3. The number of amides is 1. The summed E-state index contributed by atoms with van der Waals surface area (Å²) < 4.78 is 32.7. The molecule has 0 saturated heterocycles. The second-order valence-electron chi connectivity index (χ2n) is 8.66. The number of hydrogen-bond acceptors (Lipinski definition) is 6. The molecule has 192 valence electrons. The fourth-order valence-electron chi connectivity index (χ4n) is 3.62. The van der Waals surface area contributed by atoms with Crippen LogP contribution in [0.1, 0.15) is 35.1 Å². The van der Waals surface area contributed by atoms with Crippen molar-refractivity contribution in [2.24, 2.45) is 0 Å². The molecular formula is C27H28N4O5S. The maximum absolute atomic E-state index is 12.5. The standard InChI is InChI=1S/C27H28N4O5S/c1-18-9-15-22(16-10-18)37(34,35)31-19(2)26(32)28-21-13-11-20(12-14-21)27(33)36-17-5-8-25-29-23-6-3-4-7-24(23)30-25/h3-4,6-7,9-16,19,31H,5,8,17H2,1-2H3,(H,28,32)(H,29,30)/t19-/m0/s1. The molecule has 0 spiro atoms. The van der Waals surface area contributed by atoms with Crippen LogP contribution in [0.4, 0.5) is 5.69 Å². The van der Waals surface area contributed by atoms with E-state index in [9.17, 15) is 18.0 Å². The van der Waals surface area contributed by atoms with Gasteiger partial charge in [0.05, 0.1) is 34.1 Å². The van der Waals surface area contributed by atoms with Crippen LogP contribution >= 0.6 is 0 Å². The van der Waals surface area contributed by atoms with Crippen molar-refractivity contribution in [3.05, 3.63) is 89.7 Å². The van der Waals surface area contributed by atoms with Gasteiger partial charge >= 0.3 is 5.97 Å². The minimum atomic E-state index is -3.85. The lowest BCUT2D eigenvalue weighted by Gasteiger charge is -2.15. The summed E-state index contributed by atoms with van der Waals surface area (Å²) in [4.78, 5) is 32.7. The van der Waals surface area contributed by atoms with Crippen molar-refractivity contribution in [2.75, 3.05) is 11.9 Å². The van der Waals surface area contributed by atoms with Crippen molar-refractivity contribution < 1.29 is 22.7 Å². The molecule has 0 saturated carbocycles. The highest BCUT2D eigenvalue weighted by Gasteiger charge is 2.22. The van der Waals surface area contributed by atoms with E-state index >= 15 is 0 Å². The van der Waals surface area contributed by atoms with Gasteiger partial charge in [-0.15, -0.1) is 0 Å². The number of rotatable bonds is 10. The summed E-state index contributed by atoms with van der Waals surface area (Å²) in [6.45, 7) is 3.56. The number of anilines is 1. The third-order valence-electron chi connectivity index (χ3n) is 5.67.